The lowest BCUT2D eigenvalue weighted by molar-refractivity contribution is -0.0512. The molecule has 144 valence electrons. The molecule has 0 bridgehead atoms. The number of aromatic nitrogens is 2. The number of nitrogens with zero attached hydrogens (tertiary/aromatic N) is 2. The average Bonchev–Trinajstić information content (AvgIpc) is 2.86. The van der Waals surface area contributed by atoms with E-state index >= 15 is 0 Å². The molecule has 2 aromatic heterocycles. The minimum atomic E-state index is -0.616. The molecular weight excluding hydrogens is 403 g/mol. The molecule has 1 atom stereocenters. The Balaban J connectivity index is 1.93. The van der Waals surface area contributed by atoms with Crippen molar-refractivity contribution in [1.82, 2.24) is 9.55 Å². The predicted molar refractivity (Wildman–Crippen MR) is 107 cm³/mol. The van der Waals surface area contributed by atoms with E-state index in [-0.39, 0.29) is 34.2 Å². The smallest absolute Gasteiger partial charge is 0.227 e. The fourth-order valence-electron chi connectivity index (χ4n) is 3.12. The third-order valence-electron chi connectivity index (χ3n) is 4.57. The number of rotatable bonds is 5. The van der Waals surface area contributed by atoms with Gasteiger partial charge in [-0.15, -0.1) is 0 Å². The highest BCUT2D eigenvalue weighted by Crippen LogP contribution is 2.34. The fourth-order valence-corrected chi connectivity index (χ4v) is 3.58. The molecule has 2 aromatic rings. The molecule has 1 fully saturated rings. The zero-order chi connectivity index (χ0) is 19.7. The third kappa shape index (κ3) is 3.43. The maximum Gasteiger partial charge on any atom is 0.227 e. The number of pyridine rings is 2. The van der Waals surface area contributed by atoms with Gasteiger partial charge >= 0.3 is 0 Å². The van der Waals surface area contributed by atoms with Gasteiger partial charge in [0.15, 0.2) is 5.43 Å². The first-order chi connectivity index (χ1) is 13.6. The van der Waals surface area contributed by atoms with E-state index in [9.17, 15) is 9.90 Å². The lowest BCUT2D eigenvalue weighted by Gasteiger charge is -2.26. The van der Waals surface area contributed by atoms with Crippen molar-refractivity contribution in [1.29, 1.82) is 0 Å². The average molecular weight is 419 g/mol. The maximum absolute atomic E-state index is 12.8. The first kappa shape index (κ1) is 19.0. The standard InChI is InChI=1S/C20H16Cl2N2O4/c21-14-4-2-1-3-5-16(14)24-13(8-25)6-17(26)18-19(24)15(22)7-23-20(18)28-11-12-9-27-10-12/h1-2,4,6-7,12,16,25H,8-11H2. The van der Waals surface area contributed by atoms with Gasteiger partial charge in [0.05, 0.1) is 48.2 Å². The van der Waals surface area contributed by atoms with Gasteiger partial charge in [0.1, 0.15) is 11.4 Å². The highest BCUT2D eigenvalue weighted by atomic mass is 35.5. The first-order valence-corrected chi connectivity index (χ1v) is 9.43. The zero-order valence-corrected chi connectivity index (χ0v) is 16.2. The summed E-state index contributed by atoms with van der Waals surface area (Å²) in [4.78, 5) is 17.0. The molecular formula is C20H16Cl2N2O4. The van der Waals surface area contributed by atoms with Crippen LogP contribution < -0.4 is 10.2 Å². The molecule has 3 heterocycles. The molecule has 0 aromatic carbocycles. The van der Waals surface area contributed by atoms with Gasteiger partial charge in [0.2, 0.25) is 5.88 Å². The molecule has 1 N–H and O–H groups in total. The van der Waals surface area contributed by atoms with Crippen molar-refractivity contribution >= 4 is 34.1 Å². The molecule has 1 unspecified atom stereocenters. The van der Waals surface area contributed by atoms with Gasteiger partial charge in [0, 0.05) is 17.7 Å². The summed E-state index contributed by atoms with van der Waals surface area (Å²) in [5.41, 5.74) is 0.377. The number of halogens is 2. The summed E-state index contributed by atoms with van der Waals surface area (Å²) in [5, 5.41) is 10.8. The van der Waals surface area contributed by atoms with Gasteiger partial charge in [0.25, 0.3) is 0 Å². The molecule has 1 aliphatic carbocycles. The van der Waals surface area contributed by atoms with Gasteiger partial charge < -0.3 is 19.1 Å². The highest BCUT2D eigenvalue weighted by molar-refractivity contribution is 6.35. The molecule has 8 heteroatoms. The van der Waals surface area contributed by atoms with Crippen molar-refractivity contribution in [2.45, 2.75) is 12.6 Å². The Morgan fingerprint density at radius 2 is 2.21 bits per heavy atom. The minimum Gasteiger partial charge on any atom is -0.477 e. The van der Waals surface area contributed by atoms with Gasteiger partial charge in [-0.2, -0.15) is 0 Å². The summed E-state index contributed by atoms with van der Waals surface area (Å²) in [7, 11) is 0. The van der Waals surface area contributed by atoms with Crippen LogP contribution in [0.25, 0.3) is 10.9 Å². The Morgan fingerprint density at radius 3 is 2.93 bits per heavy atom. The van der Waals surface area contributed by atoms with Crippen LogP contribution in [0.1, 0.15) is 11.7 Å². The number of aliphatic hydroxyl groups is 1. The number of fused-ring (bicyclic) bond motifs is 1. The van der Waals surface area contributed by atoms with E-state index in [4.69, 9.17) is 32.7 Å². The lowest BCUT2D eigenvalue weighted by atomic mass is 10.1. The molecule has 0 radical (unpaired) electrons. The highest BCUT2D eigenvalue weighted by Gasteiger charge is 2.25. The molecule has 2 aliphatic rings. The second-order valence-corrected chi connectivity index (χ2v) is 7.32. The zero-order valence-electron chi connectivity index (χ0n) is 14.7. The van der Waals surface area contributed by atoms with Gasteiger partial charge in [-0.1, -0.05) is 41.1 Å². The van der Waals surface area contributed by atoms with Crippen LogP contribution in [-0.4, -0.2) is 34.5 Å². The number of ether oxygens (including phenoxy) is 2. The van der Waals surface area contributed by atoms with E-state index in [2.05, 4.69) is 16.8 Å². The van der Waals surface area contributed by atoms with Crippen molar-refractivity contribution in [2.24, 2.45) is 5.92 Å². The van der Waals surface area contributed by atoms with E-state index in [0.29, 0.717) is 36.1 Å². The van der Waals surface area contributed by atoms with Crippen LogP contribution in [0.2, 0.25) is 5.02 Å². The van der Waals surface area contributed by atoms with Crippen molar-refractivity contribution in [3.05, 3.63) is 56.5 Å². The van der Waals surface area contributed by atoms with Crippen LogP contribution >= 0.6 is 23.2 Å². The first-order valence-electron chi connectivity index (χ1n) is 8.67. The third-order valence-corrected chi connectivity index (χ3v) is 5.18. The van der Waals surface area contributed by atoms with Gasteiger partial charge in [-0.05, 0) is 12.2 Å². The topological polar surface area (TPSA) is 73.6 Å². The SMILES string of the molecule is O=c1cc(CO)n(C2C#CC=CC=C2Cl)c2c(Cl)cnc(OCC3COC3)c12. The van der Waals surface area contributed by atoms with E-state index in [1.807, 2.05) is 0 Å². The summed E-state index contributed by atoms with van der Waals surface area (Å²) in [5.74, 6) is 6.38. The molecule has 4 rings (SSSR count). The van der Waals surface area contributed by atoms with Crippen LogP contribution in [0, 0.1) is 17.8 Å². The fraction of sp³-hybridized carbons (Fsp3) is 0.300. The monoisotopic (exact) mass is 418 g/mol. The number of aliphatic hydroxyl groups excluding tert-OH is 1. The number of allylic oxidation sites excluding steroid dienone is 4. The predicted octanol–water partition coefficient (Wildman–Crippen LogP) is 2.80. The summed E-state index contributed by atoms with van der Waals surface area (Å²) in [6, 6.07) is 0.721. The quantitative estimate of drug-likeness (QED) is 0.755. The van der Waals surface area contributed by atoms with Crippen molar-refractivity contribution in [3.63, 3.8) is 0 Å². The Labute approximate surface area is 171 Å². The molecule has 0 saturated carbocycles. The van der Waals surface area contributed by atoms with Crippen LogP contribution in [0.15, 0.2) is 40.3 Å². The van der Waals surface area contributed by atoms with Crippen LogP contribution in [0.4, 0.5) is 0 Å². The molecule has 0 amide bonds. The van der Waals surface area contributed by atoms with Crippen LogP contribution in [0.3, 0.4) is 0 Å². The minimum absolute atomic E-state index is 0.189. The maximum atomic E-state index is 12.8. The molecule has 6 nitrogen and oxygen atoms in total. The summed E-state index contributed by atoms with van der Waals surface area (Å²) in [6.07, 6.45) is 6.53. The van der Waals surface area contributed by atoms with Crippen molar-refractivity contribution in [3.8, 4) is 17.7 Å². The Bertz CT molecular complexity index is 1110. The summed E-state index contributed by atoms with van der Waals surface area (Å²) < 4.78 is 12.6. The summed E-state index contributed by atoms with van der Waals surface area (Å²) in [6.45, 7) is 1.25. The Morgan fingerprint density at radius 1 is 1.39 bits per heavy atom. The van der Waals surface area contributed by atoms with E-state index in [1.165, 1.54) is 12.3 Å². The van der Waals surface area contributed by atoms with E-state index in [0.717, 1.165) is 0 Å². The number of hydrogen-bond donors (Lipinski definition) is 1. The Hall–Kier alpha value is -2.30. The molecule has 1 aliphatic heterocycles. The second kappa shape index (κ2) is 7.98. The normalized spacial score (nSPS) is 18.8. The van der Waals surface area contributed by atoms with E-state index < -0.39 is 6.04 Å². The van der Waals surface area contributed by atoms with Crippen molar-refractivity contribution in [2.75, 3.05) is 19.8 Å². The molecule has 0 spiro atoms. The lowest BCUT2D eigenvalue weighted by Crippen LogP contribution is -2.33. The van der Waals surface area contributed by atoms with Gasteiger partial charge in [-0.25, -0.2) is 4.98 Å². The molecule has 28 heavy (non-hydrogen) atoms. The second-order valence-electron chi connectivity index (χ2n) is 6.48. The van der Waals surface area contributed by atoms with E-state index in [1.54, 1.807) is 22.8 Å². The largest absolute Gasteiger partial charge is 0.477 e. The summed E-state index contributed by atoms with van der Waals surface area (Å²) >= 11 is 12.9. The van der Waals surface area contributed by atoms with Crippen molar-refractivity contribution < 1.29 is 14.6 Å². The number of hydrogen-bond acceptors (Lipinski definition) is 5. The molecule has 1 saturated heterocycles. The Kier molecular flexibility index (Phi) is 5.42. The van der Waals surface area contributed by atoms with Gasteiger partial charge in [-0.3, -0.25) is 4.79 Å². The van der Waals surface area contributed by atoms with Crippen LogP contribution in [0.5, 0.6) is 5.88 Å². The van der Waals surface area contributed by atoms with Crippen LogP contribution in [-0.2, 0) is 11.3 Å².